The molecule has 1 aliphatic carbocycles. The van der Waals surface area contributed by atoms with Crippen LogP contribution in [-0.2, 0) is 4.74 Å². The molecule has 0 saturated heterocycles. The molecule has 3 atom stereocenters. The van der Waals surface area contributed by atoms with Gasteiger partial charge in [-0.2, -0.15) is 0 Å². The van der Waals surface area contributed by atoms with E-state index in [4.69, 9.17) is 9.84 Å². The van der Waals surface area contributed by atoms with Crippen molar-refractivity contribution in [2.24, 2.45) is 11.8 Å². The Morgan fingerprint density at radius 1 is 1.40 bits per heavy atom. The summed E-state index contributed by atoms with van der Waals surface area (Å²) in [6.07, 6.45) is 1.26. The molecular weight excluding hydrogens is 196 g/mol. The molecule has 90 valence electrons. The minimum Gasteiger partial charge on any atom is -0.393 e. The first-order valence-corrected chi connectivity index (χ1v) is 5.47. The molecule has 15 heavy (non-hydrogen) atoms. The summed E-state index contributed by atoms with van der Waals surface area (Å²) in [4.78, 5) is 0. The maximum atomic E-state index is 10.3. The molecular formula is C11H22O4. The van der Waals surface area contributed by atoms with Crippen molar-refractivity contribution in [2.45, 2.75) is 44.5 Å². The predicted octanol–water partition coefficient (Wildman–Crippen LogP) is 0.501. The van der Waals surface area contributed by atoms with Crippen molar-refractivity contribution in [1.82, 2.24) is 0 Å². The largest absolute Gasteiger partial charge is 0.393 e. The van der Waals surface area contributed by atoms with E-state index in [9.17, 15) is 10.2 Å². The number of hydrogen-bond acceptors (Lipinski definition) is 4. The first kappa shape index (κ1) is 12.9. The first-order valence-electron chi connectivity index (χ1n) is 5.47. The van der Waals surface area contributed by atoms with Crippen LogP contribution in [0, 0.1) is 11.8 Å². The number of rotatable bonds is 3. The first-order chi connectivity index (χ1) is 6.87. The molecule has 1 rings (SSSR count). The van der Waals surface area contributed by atoms with Gasteiger partial charge in [-0.15, -0.1) is 0 Å². The van der Waals surface area contributed by atoms with Crippen LogP contribution in [0.4, 0.5) is 0 Å². The lowest BCUT2D eigenvalue weighted by Gasteiger charge is -2.47. The van der Waals surface area contributed by atoms with E-state index in [0.717, 1.165) is 0 Å². The average molecular weight is 218 g/mol. The fraction of sp³-hybridized carbons (Fsp3) is 1.00. The molecule has 0 heterocycles. The van der Waals surface area contributed by atoms with E-state index >= 15 is 0 Å². The monoisotopic (exact) mass is 218 g/mol. The standard InChI is InChI=1S/C11H22O4/c1-8(2)9-4-5-10(13,7-12)6-11(9,14)15-3/h8-9,12-14H,4-7H2,1-3H3/t9-,10+,11+/m1/s1. The lowest BCUT2D eigenvalue weighted by molar-refractivity contribution is -0.280. The zero-order chi connectivity index (χ0) is 11.7. The van der Waals surface area contributed by atoms with Crippen LogP contribution in [0.15, 0.2) is 0 Å². The SMILES string of the molecule is CO[C@@]1(O)C[C@](O)(CO)CC[C@@H]1C(C)C. The number of aliphatic hydroxyl groups excluding tert-OH is 1. The third-order valence-electron chi connectivity index (χ3n) is 3.53. The molecule has 4 heteroatoms. The molecule has 1 aliphatic rings. The summed E-state index contributed by atoms with van der Waals surface area (Å²) in [5.74, 6) is -1.02. The molecule has 1 saturated carbocycles. The lowest BCUT2D eigenvalue weighted by Crippen LogP contribution is -2.55. The van der Waals surface area contributed by atoms with Crippen molar-refractivity contribution >= 4 is 0 Å². The molecule has 0 aromatic carbocycles. The van der Waals surface area contributed by atoms with E-state index in [1.54, 1.807) is 0 Å². The second kappa shape index (κ2) is 4.37. The van der Waals surface area contributed by atoms with Crippen LogP contribution in [0.2, 0.25) is 0 Å². The molecule has 0 aromatic rings. The van der Waals surface area contributed by atoms with Crippen molar-refractivity contribution in [3.05, 3.63) is 0 Å². The molecule has 0 radical (unpaired) electrons. The van der Waals surface area contributed by atoms with Gasteiger partial charge in [0.05, 0.1) is 12.2 Å². The Hall–Kier alpha value is -0.160. The minimum atomic E-state index is -1.32. The van der Waals surface area contributed by atoms with Crippen LogP contribution in [0.3, 0.4) is 0 Å². The van der Waals surface area contributed by atoms with E-state index in [1.807, 2.05) is 13.8 Å². The number of ether oxygens (including phenoxy) is 1. The maximum absolute atomic E-state index is 10.3. The van der Waals surface area contributed by atoms with Gasteiger partial charge in [-0.05, 0) is 18.8 Å². The van der Waals surface area contributed by atoms with Gasteiger partial charge in [0, 0.05) is 19.4 Å². The maximum Gasteiger partial charge on any atom is 0.170 e. The average Bonchev–Trinajstić information content (AvgIpc) is 2.17. The van der Waals surface area contributed by atoms with Crippen LogP contribution in [0.1, 0.15) is 33.1 Å². The smallest absolute Gasteiger partial charge is 0.170 e. The zero-order valence-corrected chi connectivity index (χ0v) is 9.73. The van der Waals surface area contributed by atoms with Gasteiger partial charge in [0.1, 0.15) is 0 Å². The lowest BCUT2D eigenvalue weighted by atomic mass is 9.70. The van der Waals surface area contributed by atoms with Gasteiger partial charge in [-0.25, -0.2) is 0 Å². The summed E-state index contributed by atoms with van der Waals surface area (Å²) in [5, 5.41) is 29.3. The topological polar surface area (TPSA) is 69.9 Å². The number of aliphatic hydroxyl groups is 3. The number of hydrogen-bond donors (Lipinski definition) is 3. The van der Waals surface area contributed by atoms with Crippen LogP contribution < -0.4 is 0 Å². The molecule has 0 aliphatic heterocycles. The Bertz CT molecular complexity index is 219. The Balaban J connectivity index is 2.83. The molecule has 0 bridgehead atoms. The van der Waals surface area contributed by atoms with E-state index in [1.165, 1.54) is 7.11 Å². The van der Waals surface area contributed by atoms with E-state index in [-0.39, 0.29) is 24.9 Å². The number of methoxy groups -OCH3 is 1. The Morgan fingerprint density at radius 2 is 2.00 bits per heavy atom. The molecule has 0 unspecified atom stereocenters. The summed E-state index contributed by atoms with van der Waals surface area (Å²) in [5.41, 5.74) is -1.20. The van der Waals surface area contributed by atoms with Crippen molar-refractivity contribution in [3.63, 3.8) is 0 Å². The van der Waals surface area contributed by atoms with E-state index in [2.05, 4.69) is 0 Å². The highest BCUT2D eigenvalue weighted by Crippen LogP contribution is 2.43. The molecule has 1 fully saturated rings. The Morgan fingerprint density at radius 3 is 2.40 bits per heavy atom. The van der Waals surface area contributed by atoms with E-state index in [0.29, 0.717) is 12.8 Å². The fourth-order valence-corrected chi connectivity index (χ4v) is 2.55. The molecule has 0 amide bonds. The van der Waals surface area contributed by atoms with Crippen molar-refractivity contribution in [2.75, 3.05) is 13.7 Å². The zero-order valence-electron chi connectivity index (χ0n) is 9.73. The Kier molecular flexibility index (Phi) is 3.76. The second-order valence-corrected chi connectivity index (χ2v) is 5.00. The van der Waals surface area contributed by atoms with Crippen molar-refractivity contribution in [1.29, 1.82) is 0 Å². The summed E-state index contributed by atoms with van der Waals surface area (Å²) < 4.78 is 5.13. The summed E-state index contributed by atoms with van der Waals surface area (Å²) in [6.45, 7) is 3.72. The van der Waals surface area contributed by atoms with Crippen LogP contribution in [-0.4, -0.2) is 40.4 Å². The highest BCUT2D eigenvalue weighted by atomic mass is 16.6. The summed E-state index contributed by atoms with van der Waals surface area (Å²) in [6, 6.07) is 0. The van der Waals surface area contributed by atoms with Gasteiger partial charge in [0.15, 0.2) is 5.79 Å². The van der Waals surface area contributed by atoms with E-state index < -0.39 is 11.4 Å². The van der Waals surface area contributed by atoms with Gasteiger partial charge in [-0.1, -0.05) is 13.8 Å². The molecule has 0 spiro atoms. The van der Waals surface area contributed by atoms with Gasteiger partial charge in [-0.3, -0.25) is 0 Å². The quantitative estimate of drug-likeness (QED) is 0.603. The fourth-order valence-electron chi connectivity index (χ4n) is 2.55. The normalized spacial score (nSPS) is 42.2. The highest BCUT2D eigenvalue weighted by Gasteiger charge is 2.49. The van der Waals surface area contributed by atoms with Crippen LogP contribution in [0.5, 0.6) is 0 Å². The summed E-state index contributed by atoms with van der Waals surface area (Å²) >= 11 is 0. The predicted molar refractivity (Wildman–Crippen MR) is 56.2 cm³/mol. The molecule has 0 aromatic heterocycles. The van der Waals surface area contributed by atoms with Crippen LogP contribution in [0.25, 0.3) is 0 Å². The second-order valence-electron chi connectivity index (χ2n) is 5.00. The minimum absolute atomic E-state index is 0.00863. The third-order valence-corrected chi connectivity index (χ3v) is 3.53. The molecule has 4 nitrogen and oxygen atoms in total. The Labute approximate surface area is 90.9 Å². The van der Waals surface area contributed by atoms with Crippen LogP contribution >= 0.6 is 0 Å². The van der Waals surface area contributed by atoms with Gasteiger partial charge in [0.2, 0.25) is 0 Å². The highest BCUT2D eigenvalue weighted by molar-refractivity contribution is 4.95. The van der Waals surface area contributed by atoms with Gasteiger partial charge in [0.25, 0.3) is 0 Å². The summed E-state index contributed by atoms with van der Waals surface area (Å²) in [7, 11) is 1.44. The third kappa shape index (κ3) is 2.50. The van der Waals surface area contributed by atoms with Crippen molar-refractivity contribution < 1.29 is 20.1 Å². The van der Waals surface area contributed by atoms with Gasteiger partial charge < -0.3 is 20.1 Å². The molecule has 3 N–H and O–H groups in total. The van der Waals surface area contributed by atoms with Crippen molar-refractivity contribution in [3.8, 4) is 0 Å². The van der Waals surface area contributed by atoms with Gasteiger partial charge >= 0.3 is 0 Å².